The van der Waals surface area contributed by atoms with Crippen molar-refractivity contribution in [2.45, 2.75) is 74.9 Å². The lowest BCUT2D eigenvalue weighted by molar-refractivity contribution is -0.154. The number of rotatable bonds is 29. The minimum atomic E-state index is -4.49. The fourth-order valence-corrected chi connectivity index (χ4v) is 9.64. The highest BCUT2D eigenvalue weighted by Gasteiger charge is 2.34. The number of aryl methyl sites for hydroxylation is 3. The molecular weight excluding hydrogens is 1090 g/mol. The number of ether oxygens (including phenoxy) is 6. The van der Waals surface area contributed by atoms with E-state index in [0.717, 1.165) is 28.5 Å². The number of hydroxylamine groups is 1. The van der Waals surface area contributed by atoms with E-state index >= 15 is 0 Å². The lowest BCUT2D eigenvalue weighted by Gasteiger charge is -2.31. The Bertz CT molecular complexity index is 2760. The predicted octanol–water partition coefficient (Wildman–Crippen LogP) is 4.97. The third-order valence-electron chi connectivity index (χ3n) is 9.43. The van der Waals surface area contributed by atoms with Gasteiger partial charge in [-0.1, -0.05) is 93.8 Å². The number of nitrogens with zero attached hydrogens (tertiary/aromatic N) is 2. The van der Waals surface area contributed by atoms with Crippen molar-refractivity contribution in [2.24, 2.45) is 15.7 Å². The monoisotopic (exact) mass is 1150 g/mol. The Balaban J connectivity index is 1.78. The molecule has 0 saturated carbocycles. The summed E-state index contributed by atoms with van der Waals surface area (Å²) < 4.78 is 123. The fraction of sp³-hybridized carbons (Fsp3) is 0.444. The molecule has 3 aromatic rings. The van der Waals surface area contributed by atoms with E-state index in [1.807, 2.05) is 0 Å². The molecular formula is C45H57N3O20S6. The molecule has 0 heterocycles. The van der Waals surface area contributed by atoms with Crippen LogP contribution < -0.4 is 5.48 Å². The van der Waals surface area contributed by atoms with Crippen molar-refractivity contribution < 1.29 is 90.5 Å². The number of hydrogen-bond donors (Lipinski definition) is 1. The first-order valence-corrected chi connectivity index (χ1v) is 29.4. The summed E-state index contributed by atoms with van der Waals surface area (Å²) in [6, 6.07) is 17.0. The number of esters is 5. The lowest BCUT2D eigenvalue weighted by atomic mass is 9.88. The largest absolute Gasteiger partial charge is 0.464 e. The maximum absolute atomic E-state index is 13.3. The van der Waals surface area contributed by atoms with Crippen LogP contribution in [0.1, 0.15) is 50.8 Å². The molecule has 0 aromatic heterocycles. The molecule has 74 heavy (non-hydrogen) atoms. The number of oxime groups is 2. The van der Waals surface area contributed by atoms with E-state index in [-0.39, 0.29) is 59.9 Å². The smallest absolute Gasteiger partial charge is 0.367 e. The van der Waals surface area contributed by atoms with Crippen LogP contribution in [-0.4, -0.2) is 134 Å². The van der Waals surface area contributed by atoms with Crippen LogP contribution >= 0.6 is 35.3 Å². The van der Waals surface area contributed by atoms with Crippen LogP contribution in [0.2, 0.25) is 0 Å². The molecule has 0 radical (unpaired) electrons. The molecule has 23 nitrogen and oxygen atoms in total. The van der Waals surface area contributed by atoms with E-state index in [4.69, 9.17) is 41.3 Å². The van der Waals surface area contributed by atoms with Crippen molar-refractivity contribution in [3.63, 3.8) is 0 Å². The van der Waals surface area contributed by atoms with Crippen LogP contribution in [0.3, 0.4) is 0 Å². The van der Waals surface area contributed by atoms with E-state index in [2.05, 4.69) is 15.8 Å². The van der Waals surface area contributed by atoms with Crippen molar-refractivity contribution in [1.82, 2.24) is 5.48 Å². The number of carbonyl (C=O) groups excluding carboxylic acids is 5. The average molecular weight is 1150 g/mol. The Morgan fingerprint density at radius 2 is 0.973 bits per heavy atom. The Labute approximate surface area is 442 Å². The molecule has 408 valence electrons. The summed E-state index contributed by atoms with van der Waals surface area (Å²) in [5.41, 5.74) is 3.16. The van der Waals surface area contributed by atoms with E-state index in [9.17, 15) is 49.2 Å². The van der Waals surface area contributed by atoms with Crippen LogP contribution in [0.15, 0.2) is 97.8 Å². The normalized spacial score (nSPS) is 13.4. The molecule has 2 unspecified atom stereocenters. The molecule has 1 N–H and O–H groups in total. The summed E-state index contributed by atoms with van der Waals surface area (Å²) in [6.07, 6.45) is 0.110. The summed E-state index contributed by atoms with van der Waals surface area (Å²) in [5, 5.41) is 4.39. The first-order valence-electron chi connectivity index (χ1n) is 22.2. The van der Waals surface area contributed by atoms with Gasteiger partial charge in [0.2, 0.25) is 10.1 Å². The summed E-state index contributed by atoms with van der Waals surface area (Å²) >= 11 is 1.77. The number of benzene rings is 3. The van der Waals surface area contributed by atoms with Gasteiger partial charge in [-0.25, -0.2) is 14.4 Å². The molecule has 29 heteroatoms. The summed E-state index contributed by atoms with van der Waals surface area (Å²) in [6.45, 7) is 9.73. The van der Waals surface area contributed by atoms with Gasteiger partial charge >= 0.3 is 60.2 Å². The molecule has 0 aliphatic rings. The van der Waals surface area contributed by atoms with Crippen LogP contribution in [0.5, 0.6) is 0 Å². The Morgan fingerprint density at radius 3 is 1.41 bits per heavy atom. The highest BCUT2D eigenvalue weighted by molar-refractivity contribution is 8.16. The number of carbonyl (C=O) groups is 5. The molecule has 2 atom stereocenters. The zero-order chi connectivity index (χ0) is 55.0. The predicted molar refractivity (Wildman–Crippen MR) is 273 cm³/mol. The number of nitrogens with one attached hydrogen (secondary N) is 1. The molecule has 0 aliphatic heterocycles. The third-order valence-corrected chi connectivity index (χ3v) is 15.6. The molecule has 3 aromatic carbocycles. The van der Waals surface area contributed by atoms with Crippen molar-refractivity contribution in [3.8, 4) is 0 Å². The summed E-state index contributed by atoms with van der Waals surface area (Å²) in [5.74, 6) is -6.15. The molecule has 0 amide bonds. The van der Waals surface area contributed by atoms with E-state index in [1.54, 1.807) is 52.0 Å². The van der Waals surface area contributed by atoms with Gasteiger partial charge < -0.3 is 28.4 Å². The van der Waals surface area contributed by atoms with E-state index in [0.29, 0.717) is 23.5 Å². The summed E-state index contributed by atoms with van der Waals surface area (Å²) in [7, 11) is -13.3. The van der Waals surface area contributed by atoms with Gasteiger partial charge in [0.1, 0.15) is 23.0 Å². The first kappa shape index (κ1) is 63.0. The van der Waals surface area contributed by atoms with Crippen LogP contribution in [-0.2, 0) is 95.6 Å². The number of thioether (sulfide) groups is 3. The molecule has 0 spiro atoms. The van der Waals surface area contributed by atoms with Crippen molar-refractivity contribution in [2.75, 3.05) is 63.5 Å². The topological polar surface area (TPSA) is 308 Å². The van der Waals surface area contributed by atoms with Crippen LogP contribution in [0, 0.1) is 26.2 Å². The zero-order valence-electron chi connectivity index (χ0n) is 41.3. The van der Waals surface area contributed by atoms with Crippen molar-refractivity contribution >= 4 is 106 Å². The van der Waals surface area contributed by atoms with Crippen LogP contribution in [0.4, 0.5) is 0 Å². The van der Waals surface area contributed by atoms with Crippen molar-refractivity contribution in [1.29, 1.82) is 0 Å². The van der Waals surface area contributed by atoms with Gasteiger partial charge in [0.05, 0.1) is 54.9 Å². The van der Waals surface area contributed by atoms with Gasteiger partial charge in [-0.2, -0.15) is 35.0 Å². The van der Waals surface area contributed by atoms with E-state index in [1.165, 1.54) is 69.3 Å². The van der Waals surface area contributed by atoms with Gasteiger partial charge in [-0.05, 0) is 84.4 Å². The second-order valence-electron chi connectivity index (χ2n) is 15.2. The highest BCUT2D eigenvalue weighted by Crippen LogP contribution is 2.26. The molecule has 3 rings (SSSR count). The van der Waals surface area contributed by atoms with Gasteiger partial charge in [0.25, 0.3) is 0 Å². The molecule has 0 fully saturated rings. The summed E-state index contributed by atoms with van der Waals surface area (Å²) in [4.78, 5) is 64.0. The number of hydrogen-bond acceptors (Lipinski definition) is 26. The molecule has 0 bridgehead atoms. The second-order valence-corrected chi connectivity index (χ2v) is 22.9. The zero-order valence-corrected chi connectivity index (χ0v) is 46.2. The lowest BCUT2D eigenvalue weighted by Crippen LogP contribution is -2.40. The minimum Gasteiger partial charge on any atom is -0.464 e. The van der Waals surface area contributed by atoms with E-state index < -0.39 is 106 Å². The highest BCUT2D eigenvalue weighted by atomic mass is 32.2. The van der Waals surface area contributed by atoms with Gasteiger partial charge in [0.15, 0.2) is 5.37 Å². The maximum Gasteiger partial charge on any atom is 0.367 e. The first-order chi connectivity index (χ1) is 35.0. The Morgan fingerprint density at radius 1 is 0.554 bits per heavy atom. The SMILES string of the molecule is CCOC(=O)C(=NOS(=O)(=O)c1ccc(C)cc1)SCCOCC(CC)(COC(=O)CSC(=NOS(=O)(=O)c1ccc(C)cc1)C(=O)OCC)COC(=O)CSC(NOS(=O)(=O)c1ccc(C)cc1)C(=O)OCC. The van der Waals surface area contributed by atoms with Crippen molar-refractivity contribution in [3.05, 3.63) is 89.5 Å². The molecule has 0 saturated heterocycles. The second kappa shape index (κ2) is 30.9. The van der Waals surface area contributed by atoms with Gasteiger partial charge in [-0.3, -0.25) is 18.2 Å². The Hall–Kier alpha value is -5.27. The quantitative estimate of drug-likeness (QED) is 0.0182. The third kappa shape index (κ3) is 21.5. The fourth-order valence-electron chi connectivity index (χ4n) is 5.27. The maximum atomic E-state index is 13.3. The minimum absolute atomic E-state index is 0.0418. The molecule has 0 aliphatic carbocycles. The van der Waals surface area contributed by atoms with Crippen LogP contribution in [0.25, 0.3) is 0 Å². The average Bonchev–Trinajstić information content (AvgIpc) is 3.36. The van der Waals surface area contributed by atoms with Gasteiger partial charge in [0, 0.05) is 5.75 Å². The van der Waals surface area contributed by atoms with Gasteiger partial charge in [-0.15, -0.1) is 11.8 Å². The Kier molecular flexibility index (Phi) is 26.4. The standard InChI is InChI=1S/C45H57N3O20S6/c1-8-45(28-60-24-25-69-39(42(51)61-9-2)46-66-72(54,55)34-18-12-31(5)13-19-34,29-64-37(49)26-70-40(43(52)62-10-3)47-67-73(56,57)35-20-14-32(6)15-21-35)30-65-38(50)27-71-41(44(53)63-11-4)48-68-74(58,59)36-22-16-33(7)17-23-36/h12-23,40,47H,8-11,24-30H2,1-7H3.